The van der Waals surface area contributed by atoms with Crippen LogP contribution in [0.25, 0.3) is 0 Å². The summed E-state index contributed by atoms with van der Waals surface area (Å²) in [6.45, 7) is 2.64. The van der Waals surface area contributed by atoms with Crippen LogP contribution in [-0.2, 0) is 38.0 Å². The highest BCUT2D eigenvalue weighted by Gasteiger charge is 2.38. The van der Waals surface area contributed by atoms with E-state index in [1.54, 1.807) is 6.92 Å². The lowest BCUT2D eigenvalue weighted by Gasteiger charge is -2.41. The molecule has 0 spiro atoms. The first kappa shape index (κ1) is 28.9. The summed E-state index contributed by atoms with van der Waals surface area (Å²) in [6, 6.07) is 10.1. The molecule has 0 N–H and O–H groups in total. The average Bonchev–Trinajstić information content (AvgIpc) is 2.86. The van der Waals surface area contributed by atoms with Crippen molar-refractivity contribution in [2.45, 2.75) is 51.1 Å². The zero-order valence-electron chi connectivity index (χ0n) is 20.4. The van der Waals surface area contributed by atoms with E-state index in [0.29, 0.717) is 38.1 Å². The van der Waals surface area contributed by atoms with Gasteiger partial charge in [-0.1, -0.05) is 37.3 Å². The summed E-state index contributed by atoms with van der Waals surface area (Å²) in [5.41, 5.74) is -2.23. The molecule has 0 aromatic heterocycles. The number of benzene rings is 2. The van der Waals surface area contributed by atoms with Crippen molar-refractivity contribution in [2.75, 3.05) is 26.8 Å². The van der Waals surface area contributed by atoms with Gasteiger partial charge in [0, 0.05) is 6.54 Å². The van der Waals surface area contributed by atoms with Gasteiger partial charge in [-0.25, -0.2) is 0 Å². The lowest BCUT2D eigenvalue weighted by atomic mass is 10.0. The zero-order valence-corrected chi connectivity index (χ0v) is 20.4. The summed E-state index contributed by atoms with van der Waals surface area (Å²) in [6.07, 6.45) is -9.57. The molecular formula is C26H29F6NO4. The molecular weight excluding hydrogens is 504 g/mol. The Hall–Kier alpha value is -2.63. The van der Waals surface area contributed by atoms with Crippen LogP contribution >= 0.6 is 0 Å². The largest absolute Gasteiger partial charge is 0.469 e. The maximum Gasteiger partial charge on any atom is 0.416 e. The fourth-order valence-corrected chi connectivity index (χ4v) is 4.30. The van der Waals surface area contributed by atoms with Crippen molar-refractivity contribution in [1.82, 2.24) is 4.90 Å². The fraction of sp³-hybridized carbons (Fsp3) is 0.500. The van der Waals surface area contributed by atoms with Gasteiger partial charge in [0.25, 0.3) is 0 Å². The minimum absolute atomic E-state index is 0.0877. The van der Waals surface area contributed by atoms with Gasteiger partial charge in [0.05, 0.1) is 43.4 Å². The number of carbonyl (C=O) groups is 1. The predicted octanol–water partition coefficient (Wildman–Crippen LogP) is 6.23. The molecule has 2 aromatic carbocycles. The van der Waals surface area contributed by atoms with Crippen LogP contribution in [0, 0.1) is 5.92 Å². The molecule has 5 nitrogen and oxygen atoms in total. The summed E-state index contributed by atoms with van der Waals surface area (Å²) < 4.78 is 95.8. The van der Waals surface area contributed by atoms with Crippen LogP contribution < -0.4 is 0 Å². The number of nitrogens with zero attached hydrogens (tertiary/aromatic N) is 1. The number of esters is 1. The van der Waals surface area contributed by atoms with Crippen LogP contribution in [0.5, 0.6) is 0 Å². The Morgan fingerprint density at radius 3 is 2.24 bits per heavy atom. The second kappa shape index (κ2) is 12.3. The third-order valence-corrected chi connectivity index (χ3v) is 6.20. The molecule has 3 rings (SSSR count). The number of alkyl halides is 6. The summed E-state index contributed by atoms with van der Waals surface area (Å²) in [5, 5.41) is 0. The summed E-state index contributed by atoms with van der Waals surface area (Å²) in [7, 11) is 1.33. The van der Waals surface area contributed by atoms with Crippen molar-refractivity contribution in [3.63, 3.8) is 0 Å². The average molecular weight is 534 g/mol. The zero-order chi connectivity index (χ0) is 27.2. The molecule has 1 aliphatic rings. The molecule has 37 heavy (non-hydrogen) atoms. The highest BCUT2D eigenvalue weighted by atomic mass is 19.4. The Labute approximate surface area is 211 Å². The lowest BCUT2D eigenvalue weighted by Crippen LogP contribution is -2.46. The molecule has 0 amide bonds. The Bertz CT molecular complexity index is 996. The second-order valence-corrected chi connectivity index (χ2v) is 8.92. The number of carbonyl (C=O) groups excluding carboxylic acids is 1. The Morgan fingerprint density at radius 1 is 1.05 bits per heavy atom. The van der Waals surface area contributed by atoms with E-state index in [1.807, 2.05) is 30.3 Å². The van der Waals surface area contributed by atoms with Crippen LogP contribution in [0.15, 0.2) is 48.5 Å². The van der Waals surface area contributed by atoms with E-state index in [2.05, 4.69) is 4.90 Å². The number of hydrogen-bond acceptors (Lipinski definition) is 5. The monoisotopic (exact) mass is 533 g/mol. The fourth-order valence-electron chi connectivity index (χ4n) is 4.30. The quantitative estimate of drug-likeness (QED) is 0.283. The molecule has 0 aliphatic carbocycles. The highest BCUT2D eigenvalue weighted by Crippen LogP contribution is 2.37. The third kappa shape index (κ3) is 7.93. The maximum atomic E-state index is 13.2. The van der Waals surface area contributed by atoms with Crippen LogP contribution in [0.2, 0.25) is 0 Å². The second-order valence-electron chi connectivity index (χ2n) is 8.92. The Balaban J connectivity index is 1.79. The molecule has 1 fully saturated rings. The molecule has 204 valence electrons. The van der Waals surface area contributed by atoms with Gasteiger partial charge >= 0.3 is 18.3 Å². The molecule has 11 heteroatoms. The Morgan fingerprint density at radius 2 is 1.68 bits per heavy atom. The predicted molar refractivity (Wildman–Crippen MR) is 122 cm³/mol. The van der Waals surface area contributed by atoms with E-state index in [9.17, 15) is 31.1 Å². The molecule has 0 radical (unpaired) electrons. The number of rotatable bonds is 9. The normalized spacial score (nSPS) is 20.0. The minimum atomic E-state index is -4.94. The smallest absolute Gasteiger partial charge is 0.416 e. The van der Waals surface area contributed by atoms with E-state index in [4.69, 9.17) is 14.2 Å². The van der Waals surface area contributed by atoms with E-state index >= 15 is 0 Å². The number of hydrogen-bond donors (Lipinski definition) is 0. The van der Waals surface area contributed by atoms with Gasteiger partial charge in [-0.2, -0.15) is 26.3 Å². The van der Waals surface area contributed by atoms with Gasteiger partial charge < -0.3 is 14.2 Å². The number of methoxy groups -OCH3 is 1. The standard InChI is InChI=1S/C26H29F6NO4/c1-17(23(34)35-2)7-6-10-33-11-12-36-24(22(33)19-8-4-3-5-9-19)37-16-18-13-20(25(27,28)29)15-21(14-18)26(30,31)32/h3-5,8-9,13-15,17,22,24H,6-7,10-12,16H2,1-2H3/t17?,22-,24-/m1/s1. The van der Waals surface area contributed by atoms with Crippen molar-refractivity contribution in [1.29, 1.82) is 0 Å². The van der Waals surface area contributed by atoms with Crippen LogP contribution in [0.1, 0.15) is 48.1 Å². The van der Waals surface area contributed by atoms with Crippen molar-refractivity contribution in [3.8, 4) is 0 Å². The first-order valence-electron chi connectivity index (χ1n) is 11.8. The molecule has 0 bridgehead atoms. The molecule has 1 heterocycles. The SMILES string of the molecule is COC(=O)C(C)CCCN1CCO[C@H](OCc2cc(C(F)(F)F)cc(C(F)(F)F)c2)[C@H]1c1ccccc1. The number of morpholine rings is 1. The molecule has 3 atom stereocenters. The molecule has 2 aromatic rings. The van der Waals surface area contributed by atoms with Crippen molar-refractivity contribution < 1.29 is 45.3 Å². The van der Waals surface area contributed by atoms with E-state index in [-0.39, 0.29) is 30.1 Å². The molecule has 0 saturated carbocycles. The van der Waals surface area contributed by atoms with Gasteiger partial charge in [0.15, 0.2) is 6.29 Å². The topological polar surface area (TPSA) is 48.0 Å². The van der Waals surface area contributed by atoms with Gasteiger partial charge in [0.2, 0.25) is 0 Å². The van der Waals surface area contributed by atoms with E-state index in [0.717, 1.165) is 5.56 Å². The van der Waals surface area contributed by atoms with Gasteiger partial charge in [-0.05, 0) is 48.7 Å². The Kier molecular flexibility index (Phi) is 9.60. The van der Waals surface area contributed by atoms with Crippen molar-refractivity contribution in [3.05, 3.63) is 70.8 Å². The van der Waals surface area contributed by atoms with E-state index < -0.39 is 42.4 Å². The van der Waals surface area contributed by atoms with Crippen LogP contribution in [-0.4, -0.2) is 44.0 Å². The first-order valence-corrected chi connectivity index (χ1v) is 11.8. The van der Waals surface area contributed by atoms with Crippen molar-refractivity contribution >= 4 is 5.97 Å². The van der Waals surface area contributed by atoms with Gasteiger partial charge in [0.1, 0.15) is 0 Å². The van der Waals surface area contributed by atoms with Gasteiger partial charge in [-0.15, -0.1) is 0 Å². The summed E-state index contributed by atoms with van der Waals surface area (Å²) >= 11 is 0. The third-order valence-electron chi connectivity index (χ3n) is 6.20. The first-order chi connectivity index (χ1) is 17.4. The lowest BCUT2D eigenvalue weighted by molar-refractivity contribution is -0.216. The van der Waals surface area contributed by atoms with Crippen molar-refractivity contribution in [2.24, 2.45) is 5.92 Å². The van der Waals surface area contributed by atoms with E-state index in [1.165, 1.54) is 7.11 Å². The molecule has 1 unspecified atom stereocenters. The highest BCUT2D eigenvalue weighted by molar-refractivity contribution is 5.71. The van der Waals surface area contributed by atoms with Gasteiger partial charge in [-0.3, -0.25) is 9.69 Å². The minimum Gasteiger partial charge on any atom is -0.469 e. The molecule has 1 saturated heterocycles. The number of halogens is 6. The summed E-state index contributed by atoms with van der Waals surface area (Å²) in [5.74, 6) is -0.584. The van der Waals surface area contributed by atoms with Crippen LogP contribution in [0.4, 0.5) is 26.3 Å². The maximum absolute atomic E-state index is 13.2. The molecule has 1 aliphatic heterocycles. The van der Waals surface area contributed by atoms with Crippen LogP contribution in [0.3, 0.4) is 0 Å². The summed E-state index contributed by atoms with van der Waals surface area (Å²) in [4.78, 5) is 13.8. The number of ether oxygens (including phenoxy) is 3.